The van der Waals surface area contributed by atoms with Crippen molar-refractivity contribution < 1.29 is 9.53 Å². The van der Waals surface area contributed by atoms with Crippen LogP contribution in [0.15, 0.2) is 42.3 Å². The van der Waals surface area contributed by atoms with E-state index < -0.39 is 0 Å². The lowest BCUT2D eigenvalue weighted by atomic mass is 10.1. The van der Waals surface area contributed by atoms with Crippen molar-refractivity contribution in [3.63, 3.8) is 0 Å². The Balaban J connectivity index is 2.31. The minimum atomic E-state index is 0.0929. The van der Waals surface area contributed by atoms with E-state index in [4.69, 9.17) is 4.74 Å². The van der Waals surface area contributed by atoms with E-state index >= 15 is 0 Å². The predicted octanol–water partition coefficient (Wildman–Crippen LogP) is 5.82. The van der Waals surface area contributed by atoms with Gasteiger partial charge in [-0.3, -0.25) is 9.78 Å². The van der Waals surface area contributed by atoms with E-state index in [2.05, 4.69) is 36.8 Å². The molecule has 2 heterocycles. The Kier molecular flexibility index (Phi) is 7.59. The Morgan fingerprint density at radius 3 is 2.70 bits per heavy atom. The molecule has 144 valence electrons. The van der Waals surface area contributed by atoms with Gasteiger partial charge in [0.2, 0.25) is 0 Å². The highest BCUT2D eigenvalue weighted by Crippen LogP contribution is 2.24. The Hall–Kier alpha value is -2.62. The molecular formula is C23H30N2O2. The number of aryl methyl sites for hydroxylation is 1. The summed E-state index contributed by atoms with van der Waals surface area (Å²) in [5, 5.41) is 0. The molecule has 0 aliphatic rings. The van der Waals surface area contributed by atoms with Crippen LogP contribution in [-0.4, -0.2) is 22.4 Å². The fourth-order valence-corrected chi connectivity index (χ4v) is 2.94. The van der Waals surface area contributed by atoms with Crippen molar-refractivity contribution in [2.75, 3.05) is 6.61 Å². The molecule has 2 rings (SSSR count). The van der Waals surface area contributed by atoms with Crippen LogP contribution in [0.25, 0.3) is 17.3 Å². The van der Waals surface area contributed by atoms with Crippen molar-refractivity contribution in [2.24, 2.45) is 5.92 Å². The van der Waals surface area contributed by atoms with Gasteiger partial charge in [-0.25, -0.2) is 0 Å². The second kappa shape index (κ2) is 9.91. The first kappa shape index (κ1) is 20.7. The number of Topliss-reactive ketones (excluding diaryl/α,β-unsaturated/α-hetero) is 1. The fourth-order valence-electron chi connectivity index (χ4n) is 2.94. The molecule has 0 aromatic carbocycles. The molecular weight excluding hydrogens is 336 g/mol. The molecule has 0 unspecified atom stereocenters. The number of pyridine rings is 1. The number of H-pyrrole nitrogens is 1. The number of nitrogens with zero attached hydrogens (tertiary/aromatic N) is 1. The normalized spacial score (nSPS) is 12.1. The van der Waals surface area contributed by atoms with Gasteiger partial charge >= 0.3 is 0 Å². The van der Waals surface area contributed by atoms with Crippen molar-refractivity contribution >= 4 is 11.9 Å². The zero-order chi connectivity index (χ0) is 19.8. The SMILES string of the molecule is CCCc1[nH]c(-c2ccnc(/C=C/C(=C/C(C)C)OCC)c2)cc1C(C)=O. The molecule has 2 aromatic rings. The van der Waals surface area contributed by atoms with Gasteiger partial charge in [0, 0.05) is 28.7 Å². The Morgan fingerprint density at radius 1 is 1.30 bits per heavy atom. The van der Waals surface area contributed by atoms with Crippen LogP contribution < -0.4 is 0 Å². The van der Waals surface area contributed by atoms with E-state index in [1.54, 1.807) is 13.1 Å². The van der Waals surface area contributed by atoms with Crippen LogP contribution >= 0.6 is 0 Å². The number of carbonyl (C=O) groups is 1. The number of rotatable bonds is 9. The summed E-state index contributed by atoms with van der Waals surface area (Å²) in [6.07, 6.45) is 9.64. The van der Waals surface area contributed by atoms with Gasteiger partial charge in [0.05, 0.1) is 12.3 Å². The summed E-state index contributed by atoms with van der Waals surface area (Å²) in [6, 6.07) is 5.91. The zero-order valence-corrected chi connectivity index (χ0v) is 17.0. The first-order valence-electron chi connectivity index (χ1n) is 9.66. The average molecular weight is 367 g/mol. The van der Waals surface area contributed by atoms with E-state index in [0.29, 0.717) is 12.5 Å². The number of hydrogen-bond donors (Lipinski definition) is 1. The highest BCUT2D eigenvalue weighted by Gasteiger charge is 2.12. The molecule has 4 heteroatoms. The van der Waals surface area contributed by atoms with Gasteiger partial charge < -0.3 is 9.72 Å². The molecule has 0 saturated carbocycles. The second-order valence-corrected chi connectivity index (χ2v) is 6.93. The predicted molar refractivity (Wildman–Crippen MR) is 112 cm³/mol. The lowest BCUT2D eigenvalue weighted by Gasteiger charge is -2.06. The van der Waals surface area contributed by atoms with E-state index in [9.17, 15) is 4.79 Å². The Bertz CT molecular complexity index is 829. The molecule has 1 N–H and O–H groups in total. The summed E-state index contributed by atoms with van der Waals surface area (Å²) in [5.41, 5.74) is 4.59. The van der Waals surface area contributed by atoms with Gasteiger partial charge in [0.25, 0.3) is 0 Å². The maximum atomic E-state index is 11.9. The van der Waals surface area contributed by atoms with Gasteiger partial charge in [-0.15, -0.1) is 0 Å². The third-order valence-electron chi connectivity index (χ3n) is 4.10. The van der Waals surface area contributed by atoms with Crippen LogP contribution in [0.5, 0.6) is 0 Å². The van der Waals surface area contributed by atoms with Crippen molar-refractivity contribution in [3.8, 4) is 11.3 Å². The number of carbonyl (C=O) groups excluding carboxylic acids is 1. The fraction of sp³-hybridized carbons (Fsp3) is 0.391. The maximum Gasteiger partial charge on any atom is 0.161 e. The topological polar surface area (TPSA) is 55.0 Å². The lowest BCUT2D eigenvalue weighted by Crippen LogP contribution is -1.96. The molecule has 0 saturated heterocycles. The van der Waals surface area contributed by atoms with Gasteiger partial charge in [-0.2, -0.15) is 0 Å². The van der Waals surface area contributed by atoms with Gasteiger partial charge in [-0.1, -0.05) is 27.2 Å². The third kappa shape index (κ3) is 5.95. The van der Waals surface area contributed by atoms with Crippen LogP contribution in [0.1, 0.15) is 62.8 Å². The van der Waals surface area contributed by atoms with Crippen LogP contribution in [0.4, 0.5) is 0 Å². The number of ketones is 1. The highest BCUT2D eigenvalue weighted by atomic mass is 16.5. The molecule has 0 radical (unpaired) electrons. The number of allylic oxidation sites excluding steroid dienone is 2. The van der Waals surface area contributed by atoms with E-state index in [-0.39, 0.29) is 5.78 Å². The quantitative estimate of drug-likeness (QED) is 0.345. The Labute approximate surface area is 162 Å². The van der Waals surface area contributed by atoms with Crippen molar-refractivity contribution in [3.05, 3.63) is 59.3 Å². The van der Waals surface area contributed by atoms with Crippen molar-refractivity contribution in [1.29, 1.82) is 0 Å². The van der Waals surface area contributed by atoms with E-state index in [0.717, 1.165) is 46.8 Å². The second-order valence-electron chi connectivity index (χ2n) is 6.93. The van der Waals surface area contributed by atoms with E-state index in [1.807, 2.05) is 37.3 Å². The number of aromatic amines is 1. The molecule has 0 spiro atoms. The molecule has 0 fully saturated rings. The number of aromatic nitrogens is 2. The minimum Gasteiger partial charge on any atom is -0.494 e. The van der Waals surface area contributed by atoms with Crippen LogP contribution in [0, 0.1) is 5.92 Å². The van der Waals surface area contributed by atoms with Crippen LogP contribution in [-0.2, 0) is 11.2 Å². The molecule has 27 heavy (non-hydrogen) atoms. The van der Waals surface area contributed by atoms with Crippen LogP contribution in [0.2, 0.25) is 0 Å². The smallest absolute Gasteiger partial charge is 0.161 e. The van der Waals surface area contributed by atoms with Crippen molar-refractivity contribution in [2.45, 2.75) is 47.5 Å². The molecule has 0 amide bonds. The summed E-state index contributed by atoms with van der Waals surface area (Å²) in [6.45, 7) is 10.6. The highest BCUT2D eigenvalue weighted by molar-refractivity contribution is 5.96. The number of nitrogens with one attached hydrogen (secondary N) is 1. The molecule has 0 aliphatic carbocycles. The number of ether oxygens (including phenoxy) is 1. The average Bonchev–Trinajstić information content (AvgIpc) is 3.04. The largest absolute Gasteiger partial charge is 0.494 e. The lowest BCUT2D eigenvalue weighted by molar-refractivity contribution is 0.101. The molecule has 0 bridgehead atoms. The summed E-state index contributed by atoms with van der Waals surface area (Å²) in [5.74, 6) is 1.36. The maximum absolute atomic E-state index is 11.9. The molecule has 4 nitrogen and oxygen atoms in total. The zero-order valence-electron chi connectivity index (χ0n) is 17.0. The summed E-state index contributed by atoms with van der Waals surface area (Å²) >= 11 is 0. The van der Waals surface area contributed by atoms with Crippen LogP contribution in [0.3, 0.4) is 0 Å². The monoisotopic (exact) mass is 366 g/mol. The summed E-state index contributed by atoms with van der Waals surface area (Å²) in [7, 11) is 0. The molecule has 2 aromatic heterocycles. The van der Waals surface area contributed by atoms with Gasteiger partial charge in [0.1, 0.15) is 5.76 Å². The first-order chi connectivity index (χ1) is 12.9. The van der Waals surface area contributed by atoms with Gasteiger partial charge in [-0.05, 0) is 62.6 Å². The molecule has 0 aliphatic heterocycles. The standard InChI is InChI=1S/C23H30N2O2/c1-6-8-22-21(17(5)26)15-23(25-22)18-11-12-24-19(14-18)9-10-20(27-7-2)13-16(3)4/h9-16,25H,6-8H2,1-5H3/b10-9+,20-13-. The minimum absolute atomic E-state index is 0.0929. The summed E-state index contributed by atoms with van der Waals surface area (Å²) in [4.78, 5) is 19.8. The van der Waals surface area contributed by atoms with Gasteiger partial charge in [0.15, 0.2) is 5.78 Å². The summed E-state index contributed by atoms with van der Waals surface area (Å²) < 4.78 is 5.66. The first-order valence-corrected chi connectivity index (χ1v) is 9.66. The Morgan fingerprint density at radius 2 is 2.07 bits per heavy atom. The van der Waals surface area contributed by atoms with E-state index in [1.165, 1.54) is 0 Å². The molecule has 0 atom stereocenters. The van der Waals surface area contributed by atoms with Crippen molar-refractivity contribution in [1.82, 2.24) is 9.97 Å². The number of hydrogen-bond acceptors (Lipinski definition) is 3. The third-order valence-corrected chi connectivity index (χ3v) is 4.10.